The number of nitrogens with zero attached hydrogens (tertiary/aromatic N) is 5. The number of halogens is 1. The Kier molecular flexibility index (Phi) is 12.5. The molecule has 12 heteroatoms. The molecular weight excluding hydrogens is 678 g/mol. The van der Waals surface area contributed by atoms with Crippen molar-refractivity contribution in [1.82, 2.24) is 19.7 Å². The third-order valence-electron chi connectivity index (χ3n) is 6.76. The summed E-state index contributed by atoms with van der Waals surface area (Å²) in [6.45, 7) is 21.8. The van der Waals surface area contributed by atoms with Gasteiger partial charge in [-0.1, -0.05) is 47.1 Å². The van der Waals surface area contributed by atoms with Crippen LogP contribution in [0.15, 0.2) is 74.6 Å². The highest BCUT2D eigenvalue weighted by molar-refractivity contribution is 9.08. The highest BCUT2D eigenvalue weighted by atomic mass is 79.9. The summed E-state index contributed by atoms with van der Waals surface area (Å²) in [6, 6.07) is 10.6. The minimum absolute atomic E-state index is 0.0172. The maximum Gasteiger partial charge on any atom is 0.424 e. The zero-order valence-corrected chi connectivity index (χ0v) is 31.1. The molecule has 48 heavy (non-hydrogen) atoms. The fourth-order valence-corrected chi connectivity index (χ4v) is 4.70. The van der Waals surface area contributed by atoms with E-state index in [0.29, 0.717) is 34.2 Å². The van der Waals surface area contributed by atoms with E-state index in [0.717, 1.165) is 10.5 Å². The number of carbonyl (C=O) groups is 2. The van der Waals surface area contributed by atoms with Gasteiger partial charge in [0.1, 0.15) is 16.9 Å². The zero-order valence-electron chi connectivity index (χ0n) is 29.5. The molecule has 0 aliphatic rings. The van der Waals surface area contributed by atoms with E-state index in [1.807, 2.05) is 45.0 Å². The average molecular weight is 725 g/mol. The number of carbonyl (C=O) groups excluding carboxylic acids is 2. The Morgan fingerprint density at radius 2 is 1.67 bits per heavy atom. The van der Waals surface area contributed by atoms with Gasteiger partial charge in [-0.05, 0) is 92.5 Å². The van der Waals surface area contributed by atoms with E-state index >= 15 is 0 Å². The summed E-state index contributed by atoms with van der Waals surface area (Å²) < 4.78 is 19.3. The number of amides is 2. The Bertz CT molecular complexity index is 1740. The number of aliphatic imine (C=N–C) groups is 1. The number of pyridine rings is 1. The molecule has 0 saturated carbocycles. The molecule has 0 radical (unpaired) electrons. The van der Waals surface area contributed by atoms with Crippen molar-refractivity contribution in [3.05, 3.63) is 87.8 Å². The van der Waals surface area contributed by atoms with Gasteiger partial charge in [0.15, 0.2) is 0 Å². The van der Waals surface area contributed by atoms with Crippen LogP contribution in [0.2, 0.25) is 0 Å². The molecule has 0 saturated heterocycles. The molecule has 0 aliphatic heterocycles. The highest BCUT2D eigenvalue weighted by Gasteiger charge is 2.37. The third-order valence-corrected chi connectivity index (χ3v) is 7.41. The minimum Gasteiger partial charge on any atom is -0.443 e. The molecule has 0 atom stereocenters. The molecule has 0 N–H and O–H groups in total. The van der Waals surface area contributed by atoms with Crippen molar-refractivity contribution >= 4 is 39.5 Å². The van der Waals surface area contributed by atoms with Gasteiger partial charge in [0.25, 0.3) is 11.4 Å². The molecule has 0 fully saturated rings. The zero-order chi connectivity index (χ0) is 36.0. The van der Waals surface area contributed by atoms with Crippen LogP contribution in [0.1, 0.15) is 105 Å². The van der Waals surface area contributed by atoms with Crippen molar-refractivity contribution in [2.24, 2.45) is 4.99 Å². The largest absolute Gasteiger partial charge is 0.443 e. The topological polar surface area (TPSA) is 129 Å². The molecule has 0 aliphatic carbocycles. The first-order chi connectivity index (χ1) is 22.3. The van der Waals surface area contributed by atoms with Gasteiger partial charge in [0, 0.05) is 46.9 Å². The lowest BCUT2D eigenvalue weighted by molar-refractivity contribution is 0.00796. The number of ether oxygens (including phenoxy) is 2. The van der Waals surface area contributed by atoms with E-state index in [-0.39, 0.29) is 41.2 Å². The van der Waals surface area contributed by atoms with Gasteiger partial charge >= 0.3 is 12.2 Å². The number of benzene rings is 1. The van der Waals surface area contributed by atoms with Crippen LogP contribution in [0, 0.1) is 0 Å². The van der Waals surface area contributed by atoms with Crippen molar-refractivity contribution in [2.45, 2.75) is 105 Å². The van der Waals surface area contributed by atoms with Crippen LogP contribution >= 0.6 is 15.9 Å². The Morgan fingerprint density at radius 1 is 1.04 bits per heavy atom. The van der Waals surface area contributed by atoms with Gasteiger partial charge in [-0.15, -0.1) is 10.2 Å². The number of imide groups is 1. The summed E-state index contributed by atoms with van der Waals surface area (Å²) in [6.07, 6.45) is 0.310. The highest BCUT2D eigenvalue weighted by Crippen LogP contribution is 2.33. The molecule has 3 rings (SSSR count). The van der Waals surface area contributed by atoms with Crippen LogP contribution < -0.4 is 5.56 Å². The lowest BCUT2D eigenvalue weighted by atomic mass is 10.1. The Morgan fingerprint density at radius 3 is 2.21 bits per heavy atom. The second-order valence-electron chi connectivity index (χ2n) is 13.6. The molecule has 0 bridgehead atoms. The maximum atomic E-state index is 13.9. The van der Waals surface area contributed by atoms with Crippen molar-refractivity contribution in [1.29, 1.82) is 0 Å². The Labute approximate surface area is 290 Å². The molecule has 1 aromatic carbocycles. The summed E-state index contributed by atoms with van der Waals surface area (Å²) in [5, 5.41) is 9.28. The number of allylic oxidation sites excluding steroid dienone is 1. The smallest absolute Gasteiger partial charge is 0.424 e. The van der Waals surface area contributed by atoms with E-state index in [4.69, 9.17) is 18.9 Å². The van der Waals surface area contributed by atoms with Crippen LogP contribution in [-0.2, 0) is 14.8 Å². The molecular formula is C36H46BrN5O6. The van der Waals surface area contributed by atoms with E-state index in [1.54, 1.807) is 65.3 Å². The summed E-state index contributed by atoms with van der Waals surface area (Å²) in [5.74, 6) is 0.156. The molecule has 0 spiro atoms. The molecule has 258 valence electrons. The van der Waals surface area contributed by atoms with Crippen LogP contribution in [0.25, 0.3) is 17.2 Å². The standard InChI is InChI=1S/C36H46BrN5O6/c1-12-23(4)18-28(42(33(44)47-35(6,7)8)34(45)48-36(9,10)11)30(38-24(5)27-16-17-29(43)41(21-27)22(2)3)32-40-39-31(46-32)26-15-13-14-25(19-26)20-37/h13-17,19,21-22H,4,12,18,20H2,1-3,5-11H3. The van der Waals surface area contributed by atoms with Gasteiger partial charge in [0.05, 0.1) is 5.70 Å². The first kappa shape index (κ1) is 38.1. The van der Waals surface area contributed by atoms with Gasteiger partial charge in [-0.3, -0.25) is 4.79 Å². The van der Waals surface area contributed by atoms with Crippen LogP contribution in [0.5, 0.6) is 0 Å². The molecule has 0 unspecified atom stereocenters. The predicted molar refractivity (Wildman–Crippen MR) is 191 cm³/mol. The van der Waals surface area contributed by atoms with Crippen LogP contribution in [-0.4, -0.2) is 48.8 Å². The molecule has 2 aromatic heterocycles. The van der Waals surface area contributed by atoms with E-state index in [9.17, 15) is 14.4 Å². The van der Waals surface area contributed by atoms with Gasteiger partial charge in [-0.2, -0.15) is 4.90 Å². The first-order valence-corrected chi connectivity index (χ1v) is 16.9. The molecule has 11 nitrogen and oxygen atoms in total. The van der Waals surface area contributed by atoms with Gasteiger partial charge in [0.2, 0.25) is 5.89 Å². The number of rotatable bonds is 10. The van der Waals surface area contributed by atoms with Gasteiger partial charge < -0.3 is 18.5 Å². The lowest BCUT2D eigenvalue weighted by Gasteiger charge is -2.30. The number of aromatic nitrogens is 3. The monoisotopic (exact) mass is 723 g/mol. The second-order valence-corrected chi connectivity index (χ2v) is 14.1. The van der Waals surface area contributed by atoms with Gasteiger partial charge in [-0.25, -0.2) is 14.6 Å². The van der Waals surface area contributed by atoms with E-state index in [2.05, 4.69) is 32.7 Å². The number of hydrogen-bond donors (Lipinski definition) is 0. The number of alkyl halides is 1. The maximum absolute atomic E-state index is 13.9. The average Bonchev–Trinajstić information content (AvgIpc) is 3.48. The SMILES string of the molecule is C=C(CC)CC(=C(N=C(C)c1ccc(=O)n(C(C)C)c1)c1nnc(-c2cccc(CBr)c2)o1)N(C(=O)OC(C)(C)C)C(=O)OC(C)(C)C. The normalized spacial score (nSPS) is 12.9. The second kappa shape index (κ2) is 15.7. The molecule has 2 amide bonds. The van der Waals surface area contributed by atoms with Crippen molar-refractivity contribution < 1.29 is 23.5 Å². The fourth-order valence-electron chi connectivity index (χ4n) is 4.35. The number of hydrogen-bond acceptors (Lipinski definition) is 9. The first-order valence-electron chi connectivity index (χ1n) is 15.8. The third kappa shape index (κ3) is 10.3. The summed E-state index contributed by atoms with van der Waals surface area (Å²) in [7, 11) is 0. The quantitative estimate of drug-likeness (QED) is 0.115. The van der Waals surface area contributed by atoms with Crippen molar-refractivity contribution in [2.75, 3.05) is 0 Å². The summed E-state index contributed by atoms with van der Waals surface area (Å²) >= 11 is 3.48. The predicted octanol–water partition coefficient (Wildman–Crippen LogP) is 9.08. The minimum atomic E-state index is -0.973. The summed E-state index contributed by atoms with van der Waals surface area (Å²) in [5.41, 5.74) is 1.48. The Balaban J connectivity index is 2.44. The van der Waals surface area contributed by atoms with E-state index < -0.39 is 23.4 Å². The van der Waals surface area contributed by atoms with Crippen LogP contribution in [0.3, 0.4) is 0 Å². The van der Waals surface area contributed by atoms with Crippen molar-refractivity contribution in [3.63, 3.8) is 0 Å². The van der Waals surface area contributed by atoms with Crippen molar-refractivity contribution in [3.8, 4) is 11.5 Å². The fraction of sp³-hybridized carbons (Fsp3) is 0.444. The van der Waals surface area contributed by atoms with E-state index in [1.165, 1.54) is 6.07 Å². The van der Waals surface area contributed by atoms with Crippen LogP contribution in [0.4, 0.5) is 9.59 Å². The molecule has 3 aromatic rings. The lowest BCUT2D eigenvalue weighted by Crippen LogP contribution is -2.43. The Hall–Kier alpha value is -4.32. The summed E-state index contributed by atoms with van der Waals surface area (Å²) in [4.78, 5) is 46.2. The molecule has 2 heterocycles.